The van der Waals surface area contributed by atoms with E-state index in [1.54, 1.807) is 0 Å². The van der Waals surface area contributed by atoms with Crippen molar-refractivity contribution >= 4 is 18.5 Å². The summed E-state index contributed by atoms with van der Waals surface area (Å²) in [5.74, 6) is 0. The number of carbonyl (C=O) groups excluding carboxylic acids is 2. The maximum atomic E-state index is 10.5. The normalized spacial score (nSPS) is 11.3. The Morgan fingerprint density at radius 1 is 1.13 bits per heavy atom. The van der Waals surface area contributed by atoms with E-state index in [4.69, 9.17) is 15.3 Å². The molecule has 0 heterocycles. The van der Waals surface area contributed by atoms with E-state index >= 15 is 0 Å². The van der Waals surface area contributed by atoms with E-state index in [1.165, 1.54) is 0 Å². The summed E-state index contributed by atoms with van der Waals surface area (Å²) in [4.78, 5) is 30.6. The third kappa shape index (κ3) is 7.22. The van der Waals surface area contributed by atoms with Gasteiger partial charge < -0.3 is 29.5 Å². The number of rotatable bonds is 3. The molecule has 9 nitrogen and oxygen atoms in total. The highest BCUT2D eigenvalue weighted by molar-refractivity contribution is 5.83. The van der Waals surface area contributed by atoms with E-state index < -0.39 is 37.8 Å². The molecule has 0 aliphatic rings. The highest BCUT2D eigenvalue weighted by Gasteiger charge is 2.17. The average Bonchev–Trinajstić information content (AvgIpc) is 2.12. The first kappa shape index (κ1) is 13.1. The van der Waals surface area contributed by atoms with Crippen LogP contribution >= 0.6 is 0 Å². The van der Waals surface area contributed by atoms with Gasteiger partial charge in [0.1, 0.15) is 12.7 Å². The molecule has 0 radical (unpaired) electrons. The average molecular weight is 224 g/mol. The van der Waals surface area contributed by atoms with Crippen molar-refractivity contribution in [1.29, 1.82) is 0 Å². The van der Waals surface area contributed by atoms with Gasteiger partial charge in [0.15, 0.2) is 0 Å². The molecule has 0 bridgehead atoms. The van der Waals surface area contributed by atoms with Crippen molar-refractivity contribution in [2.24, 2.45) is 0 Å². The Morgan fingerprint density at radius 3 is 2.20 bits per heavy atom. The molecule has 0 aromatic rings. The second-order valence-electron chi connectivity index (χ2n) is 2.12. The predicted octanol–water partition coefficient (Wildman–Crippen LogP) is -0.693. The Kier molecular flexibility index (Phi) is 5.75. The van der Waals surface area contributed by atoms with Gasteiger partial charge in [0.25, 0.3) is 0 Å². The van der Waals surface area contributed by atoms with Crippen molar-refractivity contribution in [3.63, 3.8) is 0 Å². The van der Waals surface area contributed by atoms with Gasteiger partial charge in [-0.05, 0) is 0 Å². The van der Waals surface area contributed by atoms with Crippen molar-refractivity contribution in [1.82, 2.24) is 0 Å². The highest BCUT2D eigenvalue weighted by Crippen LogP contribution is 1.92. The van der Waals surface area contributed by atoms with E-state index in [0.717, 1.165) is 0 Å². The van der Waals surface area contributed by atoms with Gasteiger partial charge >= 0.3 is 18.5 Å². The quantitative estimate of drug-likeness (QED) is 0.419. The molecule has 0 aromatic carbocycles. The van der Waals surface area contributed by atoms with Crippen LogP contribution in [0.4, 0.5) is 14.4 Å². The van der Waals surface area contributed by atoms with Gasteiger partial charge in [0.05, 0.1) is 6.61 Å². The molecular weight excluding hydrogens is 216 g/mol. The van der Waals surface area contributed by atoms with Gasteiger partial charge in [-0.25, -0.2) is 14.4 Å². The largest absolute Gasteiger partial charge is 0.528 e. The topological polar surface area (TPSA) is 140 Å². The van der Waals surface area contributed by atoms with Gasteiger partial charge in [-0.2, -0.15) is 0 Å². The lowest BCUT2D eigenvalue weighted by atomic mass is 10.4. The molecule has 9 heteroatoms. The molecule has 0 saturated heterocycles. The maximum Gasteiger partial charge on any atom is 0.528 e. The minimum atomic E-state index is -1.94. The molecule has 0 saturated carbocycles. The van der Waals surface area contributed by atoms with Crippen LogP contribution in [0.15, 0.2) is 0 Å². The van der Waals surface area contributed by atoms with Crippen molar-refractivity contribution in [2.45, 2.75) is 6.10 Å². The van der Waals surface area contributed by atoms with Gasteiger partial charge in [-0.1, -0.05) is 0 Å². The minimum Gasteiger partial charge on any atom is -0.449 e. The predicted molar refractivity (Wildman–Crippen MR) is 40.0 cm³/mol. The number of carbonyl (C=O) groups is 3. The lowest BCUT2D eigenvalue weighted by Gasteiger charge is -2.06. The van der Waals surface area contributed by atoms with Crippen molar-refractivity contribution in [3.05, 3.63) is 0 Å². The van der Waals surface area contributed by atoms with Crippen LogP contribution < -0.4 is 0 Å². The first-order valence-electron chi connectivity index (χ1n) is 3.54. The lowest BCUT2D eigenvalue weighted by Crippen LogP contribution is -2.24. The third-order valence-corrected chi connectivity index (χ3v) is 0.942. The fourth-order valence-electron chi connectivity index (χ4n) is 0.407. The second kappa shape index (κ2) is 6.56. The van der Waals surface area contributed by atoms with Gasteiger partial charge in [0, 0.05) is 0 Å². The van der Waals surface area contributed by atoms with Gasteiger partial charge in [-0.15, -0.1) is 0 Å². The molecule has 86 valence electrons. The Labute approximate surface area is 82.8 Å². The van der Waals surface area contributed by atoms with Crippen LogP contribution in [0.1, 0.15) is 0 Å². The van der Waals surface area contributed by atoms with Crippen LogP contribution in [0.2, 0.25) is 0 Å². The summed E-state index contributed by atoms with van der Waals surface area (Å²) in [5.41, 5.74) is 0. The van der Waals surface area contributed by atoms with Crippen LogP contribution in [0.25, 0.3) is 0 Å². The molecule has 15 heavy (non-hydrogen) atoms. The lowest BCUT2D eigenvalue weighted by molar-refractivity contribution is 0.00142. The number of hydrogen-bond acceptors (Lipinski definition) is 8. The van der Waals surface area contributed by atoms with E-state index in [9.17, 15) is 14.4 Å². The summed E-state index contributed by atoms with van der Waals surface area (Å²) in [7, 11) is 0. The molecule has 1 unspecified atom stereocenters. The summed E-state index contributed by atoms with van der Waals surface area (Å²) in [6, 6.07) is 0. The van der Waals surface area contributed by atoms with Crippen molar-refractivity contribution < 1.29 is 43.9 Å². The molecule has 3 N–H and O–H groups in total. The van der Waals surface area contributed by atoms with Crippen molar-refractivity contribution in [3.8, 4) is 0 Å². The molecule has 0 fully saturated rings. The minimum absolute atomic E-state index is 0.602. The summed E-state index contributed by atoms with van der Waals surface area (Å²) in [5, 5.41) is 24.9. The van der Waals surface area contributed by atoms with E-state index in [-0.39, 0.29) is 0 Å². The van der Waals surface area contributed by atoms with Crippen molar-refractivity contribution in [2.75, 3.05) is 13.2 Å². The Bertz CT molecular complexity index is 247. The van der Waals surface area contributed by atoms with Crippen LogP contribution in [0.5, 0.6) is 0 Å². The summed E-state index contributed by atoms with van der Waals surface area (Å²) in [6.07, 6.45) is -6.57. The molecule has 0 amide bonds. The van der Waals surface area contributed by atoms with Crippen LogP contribution in [0.3, 0.4) is 0 Å². The summed E-state index contributed by atoms with van der Waals surface area (Å²) < 4.78 is 11.1. The molecule has 0 rings (SSSR count). The summed E-state index contributed by atoms with van der Waals surface area (Å²) >= 11 is 0. The highest BCUT2D eigenvalue weighted by atomic mass is 16.8. The zero-order chi connectivity index (χ0) is 11.8. The fraction of sp³-hybridized carbons (Fsp3) is 0.500. The van der Waals surface area contributed by atoms with Crippen LogP contribution in [-0.4, -0.2) is 53.1 Å². The number of ether oxygens (including phenoxy) is 3. The van der Waals surface area contributed by atoms with Crippen LogP contribution in [0, 0.1) is 0 Å². The Morgan fingerprint density at radius 2 is 1.73 bits per heavy atom. The number of aliphatic hydroxyl groups excluding tert-OH is 2. The van der Waals surface area contributed by atoms with Gasteiger partial charge in [0.2, 0.25) is 0 Å². The second-order valence-corrected chi connectivity index (χ2v) is 2.12. The number of carboxylic acid groups (broad SMARTS) is 1. The van der Waals surface area contributed by atoms with E-state index in [2.05, 4.69) is 14.2 Å². The molecule has 0 aromatic heterocycles. The smallest absolute Gasteiger partial charge is 0.449 e. The Balaban J connectivity index is 3.74. The summed E-state index contributed by atoms with van der Waals surface area (Å²) in [6.45, 7) is -1.25. The molecule has 0 aliphatic carbocycles. The maximum absolute atomic E-state index is 10.5. The molecule has 0 aliphatic heterocycles. The standard InChI is InChI=1S/C6H8O9/c7-1-3(8)2-13-5(11)15-6(12)14-4(9)10/h3,7-8H,1-2H2,(H,9,10). The number of aliphatic hydroxyl groups is 2. The monoisotopic (exact) mass is 224 g/mol. The first-order valence-corrected chi connectivity index (χ1v) is 3.54. The van der Waals surface area contributed by atoms with Crippen LogP contribution in [-0.2, 0) is 14.2 Å². The molecule has 1 atom stereocenters. The fourth-order valence-corrected chi connectivity index (χ4v) is 0.407. The molecule has 0 spiro atoms. The number of hydrogen-bond donors (Lipinski definition) is 3. The molecular formula is C6H8O9. The van der Waals surface area contributed by atoms with E-state index in [1.807, 2.05) is 0 Å². The van der Waals surface area contributed by atoms with E-state index in [0.29, 0.717) is 0 Å². The van der Waals surface area contributed by atoms with Gasteiger partial charge in [-0.3, -0.25) is 0 Å². The zero-order valence-electron chi connectivity index (χ0n) is 7.28. The SMILES string of the molecule is O=C(O)OC(=O)OC(=O)OCC(O)CO. The zero-order valence-corrected chi connectivity index (χ0v) is 7.28. The third-order valence-electron chi connectivity index (χ3n) is 0.942. The Hall–Kier alpha value is -1.87. The first-order chi connectivity index (χ1) is 6.95.